The molecule has 2 N–H and O–H groups in total. The summed E-state index contributed by atoms with van der Waals surface area (Å²) in [4.78, 5) is 4.36. The zero-order chi connectivity index (χ0) is 13.1. The fraction of sp³-hybridized carbons (Fsp3) is 0. The number of aromatic nitrogens is 1. The number of nitrogens with two attached hydrogens (primary N) is 1. The van der Waals surface area contributed by atoms with Crippen molar-refractivity contribution in [1.82, 2.24) is 4.98 Å². The molecule has 1 aromatic heterocycles. The third-order valence-corrected chi connectivity index (χ3v) is 3.07. The number of halogens is 1. The summed E-state index contributed by atoms with van der Waals surface area (Å²) in [5.41, 5.74) is 9.78. The van der Waals surface area contributed by atoms with Crippen LogP contribution in [0.4, 0.5) is 5.69 Å². The quantitative estimate of drug-likeness (QED) is 0.701. The molecular weight excluding hydrogens is 312 g/mol. The standard InChI is InChI=1S/C17H14N2.BrH/c18-15-9-6-13(7-10-15)5-8-14-11-12-19-17-4-2-1-3-16(14)17;/h1-12H,18H2;1H. The Hall–Kier alpha value is -2.13. The van der Waals surface area contributed by atoms with Gasteiger partial charge in [-0.15, -0.1) is 17.0 Å². The largest absolute Gasteiger partial charge is 0.399 e. The first kappa shape index (κ1) is 14.3. The molecule has 0 amide bonds. The smallest absolute Gasteiger partial charge is 0.0707 e. The zero-order valence-corrected chi connectivity index (χ0v) is 12.6. The lowest BCUT2D eigenvalue weighted by Crippen LogP contribution is -1.83. The van der Waals surface area contributed by atoms with Gasteiger partial charge in [0.1, 0.15) is 0 Å². The van der Waals surface area contributed by atoms with Crippen molar-refractivity contribution in [3.63, 3.8) is 0 Å². The van der Waals surface area contributed by atoms with Crippen molar-refractivity contribution in [2.24, 2.45) is 0 Å². The highest BCUT2D eigenvalue weighted by molar-refractivity contribution is 8.93. The van der Waals surface area contributed by atoms with Gasteiger partial charge in [-0.25, -0.2) is 0 Å². The van der Waals surface area contributed by atoms with Crippen molar-refractivity contribution < 1.29 is 0 Å². The first-order valence-electron chi connectivity index (χ1n) is 6.20. The molecular formula is C17H15BrN2. The molecule has 3 rings (SSSR count). The third-order valence-electron chi connectivity index (χ3n) is 3.07. The van der Waals surface area contributed by atoms with Crippen LogP contribution in [0.25, 0.3) is 23.1 Å². The van der Waals surface area contributed by atoms with Crippen molar-refractivity contribution >= 4 is 45.7 Å². The summed E-state index contributed by atoms with van der Waals surface area (Å²) >= 11 is 0. The lowest BCUT2D eigenvalue weighted by Gasteiger charge is -2.01. The summed E-state index contributed by atoms with van der Waals surface area (Å²) in [5.74, 6) is 0. The van der Waals surface area contributed by atoms with E-state index in [4.69, 9.17) is 5.73 Å². The number of hydrogen-bond donors (Lipinski definition) is 1. The van der Waals surface area contributed by atoms with Crippen LogP contribution in [-0.2, 0) is 0 Å². The molecule has 0 spiro atoms. The Morgan fingerprint density at radius 2 is 1.60 bits per heavy atom. The Bertz CT molecular complexity index is 728. The summed E-state index contributed by atoms with van der Waals surface area (Å²) in [6.07, 6.45) is 6.03. The first-order valence-corrected chi connectivity index (χ1v) is 6.20. The molecule has 2 aromatic carbocycles. The van der Waals surface area contributed by atoms with Crippen LogP contribution in [0.2, 0.25) is 0 Å². The Balaban J connectivity index is 0.00000147. The van der Waals surface area contributed by atoms with E-state index < -0.39 is 0 Å². The lowest BCUT2D eigenvalue weighted by atomic mass is 10.1. The number of rotatable bonds is 2. The number of nitrogens with zero attached hydrogens (tertiary/aromatic N) is 1. The Morgan fingerprint density at radius 3 is 2.40 bits per heavy atom. The van der Waals surface area contributed by atoms with Crippen molar-refractivity contribution in [2.45, 2.75) is 0 Å². The van der Waals surface area contributed by atoms with Crippen LogP contribution < -0.4 is 5.73 Å². The number of benzene rings is 2. The van der Waals surface area contributed by atoms with Crippen molar-refractivity contribution in [3.05, 3.63) is 71.9 Å². The van der Waals surface area contributed by atoms with Gasteiger partial charge in [-0.2, -0.15) is 0 Å². The van der Waals surface area contributed by atoms with Gasteiger partial charge in [0.15, 0.2) is 0 Å². The predicted molar refractivity (Wildman–Crippen MR) is 91.8 cm³/mol. The number of nitrogen functional groups attached to an aromatic ring is 1. The average molecular weight is 327 g/mol. The van der Waals surface area contributed by atoms with Gasteiger partial charge in [-0.05, 0) is 35.4 Å². The molecule has 0 aliphatic carbocycles. The summed E-state index contributed by atoms with van der Waals surface area (Å²) in [6, 6.07) is 18.0. The van der Waals surface area contributed by atoms with Gasteiger partial charge in [0.05, 0.1) is 5.52 Å². The van der Waals surface area contributed by atoms with E-state index in [-0.39, 0.29) is 17.0 Å². The van der Waals surface area contributed by atoms with E-state index >= 15 is 0 Å². The second kappa shape index (κ2) is 6.35. The molecule has 1 heterocycles. The maximum atomic E-state index is 5.68. The van der Waals surface area contributed by atoms with Gasteiger partial charge in [0.25, 0.3) is 0 Å². The molecule has 0 saturated carbocycles. The van der Waals surface area contributed by atoms with E-state index in [9.17, 15) is 0 Å². The van der Waals surface area contributed by atoms with Crippen LogP contribution in [0.5, 0.6) is 0 Å². The third kappa shape index (κ3) is 3.06. The highest BCUT2D eigenvalue weighted by atomic mass is 79.9. The summed E-state index contributed by atoms with van der Waals surface area (Å²) in [6.45, 7) is 0. The first-order chi connectivity index (χ1) is 9.33. The Kier molecular flexibility index (Phi) is 4.53. The topological polar surface area (TPSA) is 38.9 Å². The van der Waals surface area contributed by atoms with Crippen LogP contribution in [-0.4, -0.2) is 4.98 Å². The molecule has 0 bridgehead atoms. The van der Waals surface area contributed by atoms with Crippen LogP contribution in [0.3, 0.4) is 0 Å². The van der Waals surface area contributed by atoms with Gasteiger partial charge in [0.2, 0.25) is 0 Å². The van der Waals surface area contributed by atoms with Crippen LogP contribution in [0.15, 0.2) is 60.8 Å². The summed E-state index contributed by atoms with van der Waals surface area (Å²) < 4.78 is 0. The van der Waals surface area contributed by atoms with Crippen molar-refractivity contribution in [3.8, 4) is 0 Å². The molecule has 0 saturated heterocycles. The van der Waals surface area contributed by atoms with E-state index in [1.165, 1.54) is 5.56 Å². The molecule has 3 heteroatoms. The molecule has 100 valence electrons. The van der Waals surface area contributed by atoms with E-state index in [1.54, 1.807) is 0 Å². The normalized spacial score (nSPS) is 10.6. The minimum absolute atomic E-state index is 0. The van der Waals surface area contributed by atoms with E-state index in [1.807, 2.05) is 54.7 Å². The van der Waals surface area contributed by atoms with E-state index in [0.29, 0.717) is 0 Å². The van der Waals surface area contributed by atoms with Gasteiger partial charge >= 0.3 is 0 Å². The summed E-state index contributed by atoms with van der Waals surface area (Å²) in [7, 11) is 0. The van der Waals surface area contributed by atoms with Crippen molar-refractivity contribution in [2.75, 3.05) is 5.73 Å². The van der Waals surface area contributed by atoms with Crippen LogP contribution >= 0.6 is 17.0 Å². The van der Waals surface area contributed by atoms with Crippen molar-refractivity contribution in [1.29, 1.82) is 0 Å². The Morgan fingerprint density at radius 1 is 0.850 bits per heavy atom. The van der Waals surface area contributed by atoms with Gasteiger partial charge in [-0.3, -0.25) is 4.98 Å². The number of anilines is 1. The lowest BCUT2D eigenvalue weighted by molar-refractivity contribution is 1.41. The molecule has 0 radical (unpaired) electrons. The number of hydrogen-bond acceptors (Lipinski definition) is 2. The molecule has 3 aromatic rings. The molecule has 0 unspecified atom stereocenters. The monoisotopic (exact) mass is 326 g/mol. The van der Waals surface area contributed by atoms with E-state index in [0.717, 1.165) is 22.2 Å². The van der Waals surface area contributed by atoms with E-state index in [2.05, 4.69) is 23.2 Å². The van der Waals surface area contributed by atoms with Gasteiger partial charge in [-0.1, -0.05) is 42.5 Å². The molecule has 0 aliphatic heterocycles. The number of fused-ring (bicyclic) bond motifs is 1. The van der Waals surface area contributed by atoms with Gasteiger partial charge in [0, 0.05) is 17.3 Å². The highest BCUT2D eigenvalue weighted by Gasteiger charge is 1.97. The van der Waals surface area contributed by atoms with Crippen LogP contribution in [0, 0.1) is 0 Å². The van der Waals surface area contributed by atoms with Crippen LogP contribution in [0.1, 0.15) is 11.1 Å². The minimum atomic E-state index is 0. The fourth-order valence-electron chi connectivity index (χ4n) is 2.06. The number of pyridine rings is 1. The fourth-order valence-corrected chi connectivity index (χ4v) is 2.06. The highest BCUT2D eigenvalue weighted by Crippen LogP contribution is 2.18. The molecule has 0 aliphatic rings. The van der Waals surface area contributed by atoms with Gasteiger partial charge < -0.3 is 5.73 Å². The maximum absolute atomic E-state index is 5.68. The predicted octanol–water partition coefficient (Wildman–Crippen LogP) is 4.57. The average Bonchev–Trinajstić information content (AvgIpc) is 2.47. The molecule has 2 nitrogen and oxygen atoms in total. The second-order valence-corrected chi connectivity index (χ2v) is 4.42. The minimum Gasteiger partial charge on any atom is -0.399 e. The molecule has 0 atom stereocenters. The molecule has 20 heavy (non-hydrogen) atoms. The second-order valence-electron chi connectivity index (χ2n) is 4.42. The molecule has 0 fully saturated rings. The Labute approximate surface area is 128 Å². The summed E-state index contributed by atoms with van der Waals surface area (Å²) in [5, 5.41) is 1.16. The zero-order valence-electron chi connectivity index (χ0n) is 10.9. The number of para-hydroxylation sites is 1. The SMILES string of the molecule is Br.Nc1ccc(C=Cc2ccnc3ccccc23)cc1. The maximum Gasteiger partial charge on any atom is 0.0707 e.